The van der Waals surface area contributed by atoms with E-state index in [1.165, 1.54) is 37.1 Å². The molecule has 1 aliphatic rings. The molecule has 0 aromatic heterocycles. The number of hydrogen-bond donors (Lipinski definition) is 1. The molecule has 0 unspecified atom stereocenters. The third kappa shape index (κ3) is 3.80. The van der Waals surface area contributed by atoms with Crippen molar-refractivity contribution in [2.75, 3.05) is 0 Å². The molecule has 1 saturated carbocycles. The molecule has 0 radical (unpaired) electrons. The fraction of sp³-hybridized carbons (Fsp3) is 0.250. The standard InChI is InChI=1S/C16H14BrF2NO/c17-11-2-5-13(18)16(8-11)21-15-6-1-10(7-14(15)19)9-20-12-3-4-12/h1-2,5-8,12,20H,3-4,9H2. The van der Waals surface area contributed by atoms with Crippen LogP contribution in [0.4, 0.5) is 8.78 Å². The second-order valence-electron chi connectivity index (χ2n) is 5.10. The average Bonchev–Trinajstić information content (AvgIpc) is 3.27. The van der Waals surface area contributed by atoms with E-state index < -0.39 is 11.6 Å². The number of rotatable bonds is 5. The Hall–Kier alpha value is -1.46. The van der Waals surface area contributed by atoms with Gasteiger partial charge in [-0.3, -0.25) is 0 Å². The van der Waals surface area contributed by atoms with Crippen LogP contribution in [0.25, 0.3) is 0 Å². The van der Waals surface area contributed by atoms with Crippen LogP contribution in [0.5, 0.6) is 11.5 Å². The highest BCUT2D eigenvalue weighted by molar-refractivity contribution is 9.10. The van der Waals surface area contributed by atoms with Gasteiger partial charge >= 0.3 is 0 Å². The number of benzene rings is 2. The van der Waals surface area contributed by atoms with Crippen LogP contribution in [0.15, 0.2) is 40.9 Å². The Morgan fingerprint density at radius 2 is 1.86 bits per heavy atom. The van der Waals surface area contributed by atoms with Gasteiger partial charge in [0.2, 0.25) is 0 Å². The summed E-state index contributed by atoms with van der Waals surface area (Å²) in [6.45, 7) is 0.632. The smallest absolute Gasteiger partial charge is 0.166 e. The van der Waals surface area contributed by atoms with E-state index in [1.54, 1.807) is 12.1 Å². The van der Waals surface area contributed by atoms with Gasteiger partial charge in [-0.1, -0.05) is 22.0 Å². The van der Waals surface area contributed by atoms with Crippen molar-refractivity contribution in [3.8, 4) is 11.5 Å². The molecule has 0 heterocycles. The summed E-state index contributed by atoms with van der Waals surface area (Å²) in [5.41, 5.74) is 0.849. The van der Waals surface area contributed by atoms with Gasteiger partial charge in [0.05, 0.1) is 0 Å². The Balaban J connectivity index is 1.74. The fourth-order valence-electron chi connectivity index (χ4n) is 1.96. The van der Waals surface area contributed by atoms with Gasteiger partial charge in [0.25, 0.3) is 0 Å². The minimum Gasteiger partial charge on any atom is -0.451 e. The van der Waals surface area contributed by atoms with Crippen molar-refractivity contribution in [3.63, 3.8) is 0 Å². The zero-order valence-electron chi connectivity index (χ0n) is 11.2. The zero-order valence-corrected chi connectivity index (χ0v) is 12.8. The van der Waals surface area contributed by atoms with Gasteiger partial charge in [0, 0.05) is 17.1 Å². The highest BCUT2D eigenvalue weighted by atomic mass is 79.9. The lowest BCUT2D eigenvalue weighted by Gasteiger charge is -2.10. The Morgan fingerprint density at radius 1 is 1.05 bits per heavy atom. The van der Waals surface area contributed by atoms with Gasteiger partial charge in [-0.2, -0.15) is 0 Å². The van der Waals surface area contributed by atoms with Crippen LogP contribution in [-0.4, -0.2) is 6.04 Å². The maximum absolute atomic E-state index is 14.0. The van der Waals surface area contributed by atoms with Crippen LogP contribution >= 0.6 is 15.9 Å². The molecule has 0 saturated heterocycles. The van der Waals surface area contributed by atoms with Crippen molar-refractivity contribution >= 4 is 15.9 Å². The molecule has 2 aromatic carbocycles. The fourth-order valence-corrected chi connectivity index (χ4v) is 2.30. The summed E-state index contributed by atoms with van der Waals surface area (Å²) in [6, 6.07) is 9.59. The van der Waals surface area contributed by atoms with Crippen LogP contribution < -0.4 is 10.1 Å². The SMILES string of the molecule is Fc1cc(CNC2CC2)ccc1Oc1cc(Br)ccc1F. The second-order valence-corrected chi connectivity index (χ2v) is 6.01. The van der Waals surface area contributed by atoms with Crippen LogP contribution in [0.2, 0.25) is 0 Å². The number of hydrogen-bond acceptors (Lipinski definition) is 2. The summed E-state index contributed by atoms with van der Waals surface area (Å²) in [5, 5.41) is 3.31. The lowest BCUT2D eigenvalue weighted by atomic mass is 10.2. The summed E-state index contributed by atoms with van der Waals surface area (Å²) < 4.78 is 33.6. The summed E-state index contributed by atoms with van der Waals surface area (Å²) >= 11 is 3.23. The number of nitrogens with one attached hydrogen (secondary N) is 1. The first kappa shape index (κ1) is 14.5. The van der Waals surface area contributed by atoms with Crippen molar-refractivity contribution in [3.05, 3.63) is 58.1 Å². The summed E-state index contributed by atoms with van der Waals surface area (Å²) in [5.74, 6) is -1.02. The van der Waals surface area contributed by atoms with E-state index in [4.69, 9.17) is 4.74 Å². The Bertz CT molecular complexity index is 659. The van der Waals surface area contributed by atoms with Crippen molar-refractivity contribution < 1.29 is 13.5 Å². The topological polar surface area (TPSA) is 21.3 Å². The predicted octanol–water partition coefficient (Wildman–Crippen LogP) is 4.77. The molecule has 1 aliphatic carbocycles. The van der Waals surface area contributed by atoms with Gasteiger partial charge in [-0.25, -0.2) is 8.78 Å². The Kier molecular flexibility index (Phi) is 4.22. The molecular weight excluding hydrogens is 340 g/mol. The summed E-state index contributed by atoms with van der Waals surface area (Å²) in [7, 11) is 0. The molecule has 0 spiro atoms. The Morgan fingerprint density at radius 3 is 2.57 bits per heavy atom. The molecule has 0 amide bonds. The van der Waals surface area contributed by atoms with Crippen molar-refractivity contribution in [2.45, 2.75) is 25.4 Å². The van der Waals surface area contributed by atoms with E-state index in [-0.39, 0.29) is 11.5 Å². The molecule has 5 heteroatoms. The quantitative estimate of drug-likeness (QED) is 0.835. The maximum atomic E-state index is 14.0. The molecule has 110 valence electrons. The van der Waals surface area contributed by atoms with E-state index in [1.807, 2.05) is 0 Å². The van der Waals surface area contributed by atoms with E-state index in [2.05, 4.69) is 21.2 Å². The average molecular weight is 354 g/mol. The molecule has 1 N–H and O–H groups in total. The molecule has 0 bridgehead atoms. The molecule has 2 nitrogen and oxygen atoms in total. The van der Waals surface area contributed by atoms with Crippen LogP contribution in [-0.2, 0) is 6.54 Å². The molecule has 0 atom stereocenters. The predicted molar refractivity (Wildman–Crippen MR) is 80.4 cm³/mol. The van der Waals surface area contributed by atoms with Gasteiger partial charge in [0.15, 0.2) is 23.1 Å². The van der Waals surface area contributed by atoms with Crippen molar-refractivity contribution in [1.29, 1.82) is 0 Å². The van der Waals surface area contributed by atoms with Gasteiger partial charge < -0.3 is 10.1 Å². The zero-order chi connectivity index (χ0) is 14.8. The highest BCUT2D eigenvalue weighted by Crippen LogP contribution is 2.29. The number of ether oxygens (including phenoxy) is 1. The minimum atomic E-state index is -0.530. The number of halogens is 3. The third-order valence-electron chi connectivity index (χ3n) is 3.28. The minimum absolute atomic E-state index is 0.00729. The van der Waals surface area contributed by atoms with Crippen molar-refractivity contribution in [1.82, 2.24) is 5.32 Å². The molecule has 1 fully saturated rings. The third-order valence-corrected chi connectivity index (χ3v) is 3.77. The Labute approximate surface area is 130 Å². The lowest BCUT2D eigenvalue weighted by Crippen LogP contribution is -2.15. The van der Waals surface area contributed by atoms with E-state index >= 15 is 0 Å². The first-order chi connectivity index (χ1) is 10.1. The highest BCUT2D eigenvalue weighted by Gasteiger charge is 2.20. The van der Waals surface area contributed by atoms with Gasteiger partial charge in [0.1, 0.15) is 0 Å². The first-order valence-electron chi connectivity index (χ1n) is 6.76. The summed E-state index contributed by atoms with van der Waals surface area (Å²) in [4.78, 5) is 0. The molecule has 21 heavy (non-hydrogen) atoms. The van der Waals surface area contributed by atoms with E-state index in [0.29, 0.717) is 17.1 Å². The maximum Gasteiger partial charge on any atom is 0.166 e. The van der Waals surface area contributed by atoms with Crippen molar-refractivity contribution in [2.24, 2.45) is 0 Å². The van der Waals surface area contributed by atoms with Gasteiger partial charge in [-0.05, 0) is 48.7 Å². The summed E-state index contributed by atoms with van der Waals surface area (Å²) in [6.07, 6.45) is 2.37. The van der Waals surface area contributed by atoms with E-state index in [9.17, 15) is 8.78 Å². The molecule has 3 rings (SSSR count). The largest absolute Gasteiger partial charge is 0.451 e. The molecule has 2 aromatic rings. The first-order valence-corrected chi connectivity index (χ1v) is 7.56. The second kappa shape index (κ2) is 6.12. The van der Waals surface area contributed by atoms with Crippen LogP contribution in [0.1, 0.15) is 18.4 Å². The molecule has 0 aliphatic heterocycles. The molecular formula is C16H14BrF2NO. The van der Waals surface area contributed by atoms with Crippen LogP contribution in [0.3, 0.4) is 0 Å². The van der Waals surface area contributed by atoms with E-state index in [0.717, 1.165) is 5.56 Å². The van der Waals surface area contributed by atoms with Gasteiger partial charge in [-0.15, -0.1) is 0 Å². The normalized spacial score (nSPS) is 14.2. The lowest BCUT2D eigenvalue weighted by molar-refractivity contribution is 0.414. The monoisotopic (exact) mass is 353 g/mol. The van der Waals surface area contributed by atoms with Crippen LogP contribution in [0, 0.1) is 11.6 Å².